The van der Waals surface area contributed by atoms with Gasteiger partial charge in [-0.15, -0.1) is 11.3 Å². The molecule has 0 spiro atoms. The normalized spacial score (nSPS) is 18.9. The average Bonchev–Trinajstić information content (AvgIpc) is 3.08. The zero-order chi connectivity index (χ0) is 18.0. The predicted octanol–water partition coefficient (Wildman–Crippen LogP) is 4.07. The number of hydrogen-bond acceptors (Lipinski definition) is 4. The Kier molecular flexibility index (Phi) is 5.48. The number of nitrogens with one attached hydrogen (secondary N) is 1. The van der Waals surface area contributed by atoms with Crippen LogP contribution in [0.25, 0.3) is 0 Å². The van der Waals surface area contributed by atoms with E-state index in [-0.39, 0.29) is 10.8 Å². The molecule has 1 amide bonds. The number of amides is 1. The average molecular weight is 399 g/mol. The lowest BCUT2D eigenvalue weighted by Crippen LogP contribution is -2.38. The highest BCUT2D eigenvalue weighted by Crippen LogP contribution is 2.28. The molecule has 1 aliphatic heterocycles. The lowest BCUT2D eigenvalue weighted by Gasteiger charge is -2.29. The second kappa shape index (κ2) is 7.45. The van der Waals surface area contributed by atoms with Crippen LogP contribution in [0.3, 0.4) is 0 Å². The highest BCUT2D eigenvalue weighted by Gasteiger charge is 2.30. The van der Waals surface area contributed by atoms with E-state index in [0.29, 0.717) is 34.6 Å². The van der Waals surface area contributed by atoms with Crippen LogP contribution in [-0.4, -0.2) is 31.7 Å². The second-order valence-corrected chi connectivity index (χ2v) is 9.45. The van der Waals surface area contributed by atoms with Gasteiger partial charge in [-0.3, -0.25) is 4.79 Å². The molecule has 2 aromatic rings. The van der Waals surface area contributed by atoms with Crippen LogP contribution in [0.4, 0.5) is 5.69 Å². The third-order valence-corrected chi connectivity index (χ3v) is 7.43. The van der Waals surface area contributed by atoms with Gasteiger partial charge >= 0.3 is 0 Å². The number of benzene rings is 1. The predicted molar refractivity (Wildman–Crippen MR) is 101 cm³/mol. The summed E-state index contributed by atoms with van der Waals surface area (Å²) in [6, 6.07) is 8.35. The first-order chi connectivity index (χ1) is 11.9. The molecule has 1 aromatic carbocycles. The summed E-state index contributed by atoms with van der Waals surface area (Å²) in [5.41, 5.74) is 0.497. The van der Waals surface area contributed by atoms with Crippen LogP contribution < -0.4 is 5.32 Å². The van der Waals surface area contributed by atoms with Crippen molar-refractivity contribution in [3.63, 3.8) is 0 Å². The molecule has 0 saturated carbocycles. The van der Waals surface area contributed by atoms with Gasteiger partial charge in [-0.1, -0.05) is 30.7 Å². The zero-order valence-electron chi connectivity index (χ0n) is 13.7. The molecule has 8 heteroatoms. The van der Waals surface area contributed by atoms with Crippen molar-refractivity contribution in [2.45, 2.75) is 24.7 Å². The number of thiophene rings is 1. The maximum atomic E-state index is 12.8. The van der Waals surface area contributed by atoms with Crippen molar-refractivity contribution in [1.29, 1.82) is 0 Å². The van der Waals surface area contributed by atoms with Gasteiger partial charge in [0, 0.05) is 18.5 Å². The van der Waals surface area contributed by atoms with Gasteiger partial charge in [-0.05, 0) is 37.0 Å². The summed E-state index contributed by atoms with van der Waals surface area (Å²) in [6.45, 7) is 3.11. The quantitative estimate of drug-likeness (QED) is 0.843. The molecule has 1 atom stereocenters. The van der Waals surface area contributed by atoms with Crippen LogP contribution in [0.2, 0.25) is 5.02 Å². The molecule has 3 rings (SSSR count). The van der Waals surface area contributed by atoms with Crippen molar-refractivity contribution in [3.05, 3.63) is 45.6 Å². The van der Waals surface area contributed by atoms with Gasteiger partial charge in [0.05, 0.1) is 20.5 Å². The Bertz CT molecular complexity index is 880. The topological polar surface area (TPSA) is 66.5 Å². The first-order valence-corrected chi connectivity index (χ1v) is 10.7. The molecule has 134 valence electrons. The lowest BCUT2D eigenvalue weighted by molar-refractivity contribution is 0.103. The Morgan fingerprint density at radius 1 is 1.36 bits per heavy atom. The molecule has 1 fully saturated rings. The van der Waals surface area contributed by atoms with Gasteiger partial charge in [0.2, 0.25) is 10.0 Å². The highest BCUT2D eigenvalue weighted by atomic mass is 35.5. The monoisotopic (exact) mass is 398 g/mol. The summed E-state index contributed by atoms with van der Waals surface area (Å²) in [5, 5.41) is 4.67. The number of rotatable bonds is 4. The van der Waals surface area contributed by atoms with Crippen LogP contribution in [-0.2, 0) is 10.0 Å². The molecule has 5 nitrogen and oxygen atoms in total. The van der Waals surface area contributed by atoms with Crippen molar-refractivity contribution < 1.29 is 13.2 Å². The molecular formula is C17H19ClN2O3S2. The Morgan fingerprint density at radius 2 is 2.12 bits per heavy atom. The van der Waals surface area contributed by atoms with Crippen LogP contribution in [0, 0.1) is 5.92 Å². The van der Waals surface area contributed by atoms with E-state index in [1.807, 2.05) is 0 Å². The molecule has 0 unspecified atom stereocenters. The minimum atomic E-state index is -3.55. The molecular weight excluding hydrogens is 380 g/mol. The van der Waals surface area contributed by atoms with Crippen LogP contribution >= 0.6 is 22.9 Å². The summed E-state index contributed by atoms with van der Waals surface area (Å²) in [4.78, 5) is 12.9. The first-order valence-electron chi connectivity index (χ1n) is 8.02. The summed E-state index contributed by atoms with van der Waals surface area (Å²) >= 11 is 7.15. The van der Waals surface area contributed by atoms with Gasteiger partial charge in [-0.2, -0.15) is 4.31 Å². The molecule has 0 radical (unpaired) electrons. The molecule has 1 N–H and O–H groups in total. The molecule has 1 aromatic heterocycles. The van der Waals surface area contributed by atoms with Crippen molar-refractivity contribution in [2.24, 2.45) is 5.92 Å². The van der Waals surface area contributed by atoms with E-state index in [1.54, 1.807) is 24.3 Å². The molecule has 0 aliphatic carbocycles. The number of halogens is 1. The zero-order valence-corrected chi connectivity index (χ0v) is 16.1. The summed E-state index contributed by atoms with van der Waals surface area (Å²) < 4.78 is 27.0. The van der Waals surface area contributed by atoms with Crippen molar-refractivity contribution in [2.75, 3.05) is 18.4 Å². The van der Waals surface area contributed by atoms with Gasteiger partial charge in [0.25, 0.3) is 5.91 Å². The van der Waals surface area contributed by atoms with Crippen molar-refractivity contribution in [1.82, 2.24) is 4.31 Å². The molecule has 2 heterocycles. The van der Waals surface area contributed by atoms with E-state index in [9.17, 15) is 13.2 Å². The number of para-hydroxylation sites is 1. The molecule has 0 bridgehead atoms. The SMILES string of the molecule is C[C@@H]1CCCN(S(=O)(=O)c2csc(C(=O)Nc3ccccc3Cl)c2)C1. The van der Waals surface area contributed by atoms with Crippen LogP contribution in [0.15, 0.2) is 40.6 Å². The van der Waals surface area contributed by atoms with E-state index >= 15 is 0 Å². The number of piperidine rings is 1. The number of anilines is 1. The minimum Gasteiger partial charge on any atom is -0.320 e. The maximum Gasteiger partial charge on any atom is 0.265 e. The summed E-state index contributed by atoms with van der Waals surface area (Å²) in [7, 11) is -3.55. The third-order valence-electron chi connectivity index (χ3n) is 4.18. The maximum absolute atomic E-state index is 12.8. The first kappa shape index (κ1) is 18.4. The standard InChI is InChI=1S/C17H19ClN2O3S2/c1-12-5-4-8-20(10-12)25(22,23)13-9-16(24-11-13)17(21)19-15-7-3-2-6-14(15)18/h2-3,6-7,9,11-12H,4-5,8,10H2,1H3,(H,19,21)/t12-/m1/s1. The fourth-order valence-corrected chi connectivity index (χ4v) is 5.77. The number of carbonyl (C=O) groups is 1. The number of hydrogen-bond donors (Lipinski definition) is 1. The number of sulfonamides is 1. The Labute approximate surface area is 156 Å². The summed E-state index contributed by atoms with van der Waals surface area (Å²) in [6.07, 6.45) is 1.91. The van der Waals surface area contributed by atoms with E-state index in [1.165, 1.54) is 15.8 Å². The lowest BCUT2D eigenvalue weighted by atomic mass is 10.0. The van der Waals surface area contributed by atoms with Crippen LogP contribution in [0.5, 0.6) is 0 Å². The van der Waals surface area contributed by atoms with E-state index in [4.69, 9.17) is 11.6 Å². The van der Waals surface area contributed by atoms with Gasteiger partial charge in [-0.25, -0.2) is 8.42 Å². The van der Waals surface area contributed by atoms with Gasteiger partial charge in [0.1, 0.15) is 0 Å². The third kappa shape index (κ3) is 4.06. The van der Waals surface area contributed by atoms with Gasteiger partial charge in [0.15, 0.2) is 0 Å². The molecule has 1 aliphatic rings. The fraction of sp³-hybridized carbons (Fsp3) is 0.353. The van der Waals surface area contributed by atoms with Gasteiger partial charge < -0.3 is 5.32 Å². The smallest absolute Gasteiger partial charge is 0.265 e. The largest absolute Gasteiger partial charge is 0.320 e. The fourth-order valence-electron chi connectivity index (χ4n) is 2.83. The summed E-state index contributed by atoms with van der Waals surface area (Å²) in [5.74, 6) is -0.0169. The Balaban J connectivity index is 1.77. The van der Waals surface area contributed by atoms with E-state index < -0.39 is 10.0 Å². The highest BCUT2D eigenvalue weighted by molar-refractivity contribution is 7.89. The Hall–Kier alpha value is -1.41. The van der Waals surface area contributed by atoms with E-state index in [2.05, 4.69) is 12.2 Å². The van der Waals surface area contributed by atoms with Crippen molar-refractivity contribution in [3.8, 4) is 0 Å². The minimum absolute atomic E-state index is 0.177. The Morgan fingerprint density at radius 3 is 2.84 bits per heavy atom. The molecule has 25 heavy (non-hydrogen) atoms. The number of carbonyl (C=O) groups excluding carboxylic acids is 1. The molecule has 1 saturated heterocycles. The van der Waals surface area contributed by atoms with Crippen LogP contribution in [0.1, 0.15) is 29.4 Å². The van der Waals surface area contributed by atoms with Crippen molar-refractivity contribution >= 4 is 44.6 Å². The second-order valence-electron chi connectivity index (χ2n) is 6.19. The van der Waals surface area contributed by atoms with E-state index in [0.717, 1.165) is 24.2 Å². The number of nitrogens with zero attached hydrogens (tertiary/aromatic N) is 1.